The normalized spacial score (nSPS) is 21.1. The van der Waals surface area contributed by atoms with Crippen LogP contribution < -0.4 is 5.32 Å². The minimum Gasteiger partial charge on any atom is -0.378 e. The lowest BCUT2D eigenvalue weighted by molar-refractivity contribution is 0.00569. The van der Waals surface area contributed by atoms with Gasteiger partial charge in [0.25, 0.3) is 0 Å². The highest BCUT2D eigenvalue weighted by Gasteiger charge is 2.19. The largest absolute Gasteiger partial charge is 0.378 e. The van der Waals surface area contributed by atoms with E-state index in [4.69, 9.17) is 9.72 Å². The highest BCUT2D eigenvalue weighted by atomic mass is 32.1. The van der Waals surface area contributed by atoms with Gasteiger partial charge in [-0.2, -0.15) is 0 Å². The van der Waals surface area contributed by atoms with Crippen molar-refractivity contribution in [3.63, 3.8) is 0 Å². The van der Waals surface area contributed by atoms with Crippen molar-refractivity contribution in [1.29, 1.82) is 0 Å². The summed E-state index contributed by atoms with van der Waals surface area (Å²) in [5.41, 5.74) is 1.12. The van der Waals surface area contributed by atoms with Gasteiger partial charge in [-0.05, 0) is 44.9 Å². The zero-order valence-corrected chi connectivity index (χ0v) is 12.8. The van der Waals surface area contributed by atoms with Crippen LogP contribution in [-0.2, 0) is 11.2 Å². The van der Waals surface area contributed by atoms with E-state index in [2.05, 4.69) is 29.6 Å². The summed E-state index contributed by atoms with van der Waals surface area (Å²) in [6, 6.07) is 8.83. The number of fused-ring (bicyclic) bond motifs is 1. The number of benzene rings is 1. The number of hydrogen-bond acceptors (Lipinski definition) is 4. The van der Waals surface area contributed by atoms with Crippen LogP contribution in [0.2, 0.25) is 0 Å². The first-order valence-corrected chi connectivity index (χ1v) is 8.30. The Morgan fingerprint density at radius 1 is 1.40 bits per heavy atom. The fourth-order valence-corrected chi connectivity index (χ4v) is 3.88. The molecule has 20 heavy (non-hydrogen) atoms. The number of likely N-dealkylation sites (N-methyl/N-ethyl adjacent to an activating group) is 1. The molecule has 2 atom stereocenters. The molecule has 0 radical (unpaired) electrons. The van der Waals surface area contributed by atoms with Gasteiger partial charge in [-0.25, -0.2) is 4.98 Å². The number of nitrogens with zero attached hydrogens (tertiary/aromatic N) is 1. The Balaban J connectivity index is 1.64. The average molecular weight is 290 g/mol. The maximum Gasteiger partial charge on any atom is 0.0954 e. The van der Waals surface area contributed by atoms with Crippen molar-refractivity contribution in [2.75, 3.05) is 13.7 Å². The highest BCUT2D eigenvalue weighted by molar-refractivity contribution is 7.18. The molecule has 3 nitrogen and oxygen atoms in total. The molecule has 1 fully saturated rings. The Labute approximate surface area is 124 Å². The molecule has 2 unspecified atom stereocenters. The van der Waals surface area contributed by atoms with E-state index < -0.39 is 0 Å². The standard InChI is InChI=1S/C16H22N2OS/c1-17-12(10-13-6-4-5-9-19-13)11-16-18-14-7-2-3-8-15(14)20-16/h2-3,7-8,12-13,17H,4-6,9-11H2,1H3. The van der Waals surface area contributed by atoms with Crippen LogP contribution in [0.1, 0.15) is 30.7 Å². The minimum absolute atomic E-state index is 0.426. The van der Waals surface area contributed by atoms with Gasteiger partial charge in [0.05, 0.1) is 21.3 Å². The SMILES string of the molecule is CNC(Cc1nc2ccccc2s1)CC1CCCCO1. The molecule has 0 saturated carbocycles. The topological polar surface area (TPSA) is 34.2 Å². The second-order valence-corrected chi connectivity index (χ2v) is 6.60. The van der Waals surface area contributed by atoms with Gasteiger partial charge >= 0.3 is 0 Å². The van der Waals surface area contributed by atoms with E-state index in [0.29, 0.717) is 12.1 Å². The van der Waals surface area contributed by atoms with Crippen LogP contribution in [0.5, 0.6) is 0 Å². The number of thiazole rings is 1. The number of nitrogens with one attached hydrogen (secondary N) is 1. The summed E-state index contributed by atoms with van der Waals surface area (Å²) in [6.45, 7) is 0.933. The van der Waals surface area contributed by atoms with E-state index in [1.807, 2.05) is 18.4 Å². The molecule has 108 valence electrons. The second kappa shape index (κ2) is 6.66. The molecule has 1 aliphatic heterocycles. The van der Waals surface area contributed by atoms with Gasteiger partial charge in [0.1, 0.15) is 0 Å². The van der Waals surface area contributed by atoms with Gasteiger partial charge in [-0.1, -0.05) is 12.1 Å². The molecule has 1 aromatic carbocycles. The zero-order valence-electron chi connectivity index (χ0n) is 12.0. The van der Waals surface area contributed by atoms with Crippen LogP contribution in [0.4, 0.5) is 0 Å². The van der Waals surface area contributed by atoms with Gasteiger partial charge in [0, 0.05) is 19.1 Å². The average Bonchev–Trinajstić information content (AvgIpc) is 2.90. The monoisotopic (exact) mass is 290 g/mol. The van der Waals surface area contributed by atoms with Crippen molar-refractivity contribution in [1.82, 2.24) is 10.3 Å². The van der Waals surface area contributed by atoms with Gasteiger partial charge in [-0.3, -0.25) is 0 Å². The quantitative estimate of drug-likeness (QED) is 0.916. The summed E-state index contributed by atoms with van der Waals surface area (Å²) in [5.74, 6) is 0. The Kier molecular flexibility index (Phi) is 4.65. The van der Waals surface area contributed by atoms with E-state index >= 15 is 0 Å². The van der Waals surface area contributed by atoms with E-state index in [9.17, 15) is 0 Å². The first-order valence-electron chi connectivity index (χ1n) is 7.48. The Bertz CT molecular complexity index is 515. The summed E-state index contributed by atoms with van der Waals surface area (Å²) >= 11 is 1.81. The maximum atomic E-state index is 5.85. The molecule has 4 heteroatoms. The van der Waals surface area contributed by atoms with Crippen LogP contribution in [-0.4, -0.2) is 30.8 Å². The van der Waals surface area contributed by atoms with Crippen LogP contribution in [0.3, 0.4) is 0 Å². The van der Waals surface area contributed by atoms with Gasteiger partial charge < -0.3 is 10.1 Å². The highest BCUT2D eigenvalue weighted by Crippen LogP contribution is 2.24. The molecule has 2 aromatic rings. The Hall–Kier alpha value is -0.970. The van der Waals surface area contributed by atoms with Crippen LogP contribution >= 0.6 is 11.3 Å². The van der Waals surface area contributed by atoms with Crippen LogP contribution in [0, 0.1) is 0 Å². The molecular formula is C16H22N2OS. The lowest BCUT2D eigenvalue weighted by Gasteiger charge is -2.26. The predicted octanol–water partition coefficient (Wildman–Crippen LogP) is 3.39. The second-order valence-electron chi connectivity index (χ2n) is 5.49. The van der Waals surface area contributed by atoms with Gasteiger partial charge in [0.15, 0.2) is 0 Å². The summed E-state index contributed by atoms with van der Waals surface area (Å²) in [5, 5.41) is 4.65. The van der Waals surface area contributed by atoms with Crippen molar-refractivity contribution in [2.45, 2.75) is 44.2 Å². The van der Waals surface area contributed by atoms with E-state index in [-0.39, 0.29) is 0 Å². The third-order valence-corrected chi connectivity index (χ3v) is 5.05. The van der Waals surface area contributed by atoms with E-state index in [0.717, 1.165) is 25.0 Å². The van der Waals surface area contributed by atoms with Crippen molar-refractivity contribution >= 4 is 21.6 Å². The summed E-state index contributed by atoms with van der Waals surface area (Å²) in [4.78, 5) is 4.73. The molecule has 1 N–H and O–H groups in total. The molecule has 1 aliphatic rings. The summed E-state index contributed by atoms with van der Waals surface area (Å²) < 4.78 is 7.13. The zero-order chi connectivity index (χ0) is 13.8. The maximum absolute atomic E-state index is 5.85. The minimum atomic E-state index is 0.426. The number of para-hydroxylation sites is 1. The van der Waals surface area contributed by atoms with Crippen molar-refractivity contribution in [3.05, 3.63) is 29.3 Å². The number of ether oxygens (including phenoxy) is 1. The van der Waals surface area contributed by atoms with E-state index in [1.165, 1.54) is 29.0 Å². The molecule has 1 aromatic heterocycles. The van der Waals surface area contributed by atoms with Crippen LogP contribution in [0.25, 0.3) is 10.2 Å². The smallest absolute Gasteiger partial charge is 0.0954 e. The first kappa shape index (κ1) is 14.0. The Morgan fingerprint density at radius 2 is 2.30 bits per heavy atom. The molecule has 2 heterocycles. The Morgan fingerprint density at radius 3 is 3.05 bits per heavy atom. The molecule has 0 bridgehead atoms. The molecule has 1 saturated heterocycles. The predicted molar refractivity (Wildman–Crippen MR) is 84.4 cm³/mol. The fraction of sp³-hybridized carbons (Fsp3) is 0.562. The first-order chi connectivity index (χ1) is 9.85. The number of rotatable bonds is 5. The van der Waals surface area contributed by atoms with Gasteiger partial charge in [0.2, 0.25) is 0 Å². The summed E-state index contributed by atoms with van der Waals surface area (Å²) in [6.07, 6.45) is 6.25. The van der Waals surface area contributed by atoms with Crippen molar-refractivity contribution in [2.24, 2.45) is 0 Å². The summed E-state index contributed by atoms with van der Waals surface area (Å²) in [7, 11) is 2.04. The lowest BCUT2D eigenvalue weighted by atomic mass is 10.0. The van der Waals surface area contributed by atoms with Gasteiger partial charge in [-0.15, -0.1) is 11.3 Å². The third-order valence-electron chi connectivity index (χ3n) is 3.99. The van der Waals surface area contributed by atoms with Crippen LogP contribution in [0.15, 0.2) is 24.3 Å². The molecule has 0 spiro atoms. The fourth-order valence-electron chi connectivity index (χ4n) is 2.83. The molecule has 3 rings (SSSR count). The molecular weight excluding hydrogens is 268 g/mol. The molecule has 0 aliphatic carbocycles. The van der Waals surface area contributed by atoms with Crippen molar-refractivity contribution in [3.8, 4) is 0 Å². The number of hydrogen-bond donors (Lipinski definition) is 1. The third kappa shape index (κ3) is 3.37. The van der Waals surface area contributed by atoms with E-state index in [1.54, 1.807) is 0 Å². The number of aromatic nitrogens is 1. The lowest BCUT2D eigenvalue weighted by Crippen LogP contribution is -2.34. The molecule has 0 amide bonds. The van der Waals surface area contributed by atoms with Crippen molar-refractivity contribution < 1.29 is 4.74 Å².